The molecule has 2 aromatic rings. The van der Waals surface area contributed by atoms with Gasteiger partial charge in [-0.2, -0.15) is 5.10 Å². The molecule has 1 aliphatic heterocycles. The van der Waals surface area contributed by atoms with Gasteiger partial charge in [0.05, 0.1) is 11.7 Å². The maximum Gasteiger partial charge on any atom is 0.182 e. The van der Waals surface area contributed by atoms with Crippen LogP contribution in [0.15, 0.2) is 6.08 Å². The van der Waals surface area contributed by atoms with E-state index in [1.54, 1.807) is 0 Å². The number of aromatic nitrogens is 5. The van der Waals surface area contributed by atoms with Gasteiger partial charge in [-0.05, 0) is 38.2 Å². The van der Waals surface area contributed by atoms with Crippen LogP contribution in [0.25, 0.3) is 17.6 Å². The van der Waals surface area contributed by atoms with E-state index in [1.807, 2.05) is 0 Å². The van der Waals surface area contributed by atoms with Crippen LogP contribution < -0.4 is 0 Å². The molecule has 1 fully saturated rings. The highest BCUT2D eigenvalue weighted by Gasteiger charge is 2.31. The van der Waals surface area contributed by atoms with E-state index < -0.39 is 0 Å². The van der Waals surface area contributed by atoms with E-state index in [1.165, 1.54) is 42.6 Å². The lowest BCUT2D eigenvalue weighted by molar-refractivity contribution is 0.464. The molecule has 122 valence electrons. The number of rotatable bonds is 4. The smallest absolute Gasteiger partial charge is 0.182 e. The zero-order valence-corrected chi connectivity index (χ0v) is 14.1. The molecule has 0 bridgehead atoms. The highest BCUT2D eigenvalue weighted by molar-refractivity contribution is 5.61. The van der Waals surface area contributed by atoms with Gasteiger partial charge in [0, 0.05) is 12.1 Å². The van der Waals surface area contributed by atoms with Crippen LogP contribution in [0.5, 0.6) is 0 Å². The monoisotopic (exact) mass is 311 g/mol. The topological polar surface area (TPSA) is 48.5 Å². The molecule has 0 N–H and O–H groups in total. The maximum atomic E-state index is 4.98. The largest absolute Gasteiger partial charge is 0.306 e. The number of fused-ring (bicyclic) bond motifs is 3. The average molecular weight is 311 g/mol. The summed E-state index contributed by atoms with van der Waals surface area (Å²) in [5.74, 6) is 1.99. The molecule has 0 amide bonds. The Hall–Kier alpha value is -1.91. The number of aryl methyl sites for hydroxylation is 1. The number of nitrogens with zero attached hydrogens (tertiary/aromatic N) is 5. The highest BCUT2D eigenvalue weighted by atomic mass is 15.4. The van der Waals surface area contributed by atoms with E-state index in [4.69, 9.17) is 5.10 Å². The van der Waals surface area contributed by atoms with E-state index in [0.29, 0.717) is 6.04 Å². The molecule has 1 saturated carbocycles. The molecule has 5 nitrogen and oxygen atoms in total. The molecule has 5 heteroatoms. The lowest BCUT2D eigenvalue weighted by Crippen LogP contribution is -2.16. The van der Waals surface area contributed by atoms with E-state index in [9.17, 15) is 0 Å². The Kier molecular flexibility index (Phi) is 3.79. The fourth-order valence-corrected chi connectivity index (χ4v) is 3.99. The Labute approximate surface area is 137 Å². The summed E-state index contributed by atoms with van der Waals surface area (Å²) in [4.78, 5) is 0. The van der Waals surface area contributed by atoms with Crippen molar-refractivity contribution >= 4 is 6.08 Å². The van der Waals surface area contributed by atoms with Crippen LogP contribution in [-0.4, -0.2) is 24.5 Å². The highest BCUT2D eigenvalue weighted by Crippen LogP contribution is 2.38. The molecule has 0 aromatic carbocycles. The molecular formula is C18H25N5. The zero-order chi connectivity index (χ0) is 15.8. The van der Waals surface area contributed by atoms with Gasteiger partial charge < -0.3 is 4.57 Å². The van der Waals surface area contributed by atoms with Crippen molar-refractivity contribution in [1.82, 2.24) is 24.5 Å². The van der Waals surface area contributed by atoms with Crippen LogP contribution in [0.1, 0.15) is 69.1 Å². The standard InChI is InChI=1S/C18H25N5/c1-3-5-10-16-19-20-18-17-14(11-12-22(16)18)15(4-2)21-23(17)13-8-6-7-9-13/h5,10,13H,3-4,6-9,11-12H2,1-2H3/b10-5+. The molecular weight excluding hydrogens is 286 g/mol. The lowest BCUT2D eigenvalue weighted by atomic mass is 10.0. The second-order valence-corrected chi connectivity index (χ2v) is 6.60. The molecule has 0 spiro atoms. The van der Waals surface area contributed by atoms with Gasteiger partial charge in [0.2, 0.25) is 0 Å². The van der Waals surface area contributed by atoms with Gasteiger partial charge in [0.25, 0.3) is 0 Å². The van der Waals surface area contributed by atoms with Gasteiger partial charge in [-0.3, -0.25) is 4.68 Å². The van der Waals surface area contributed by atoms with Crippen molar-refractivity contribution in [2.45, 2.75) is 71.4 Å². The second kappa shape index (κ2) is 5.95. The lowest BCUT2D eigenvalue weighted by Gasteiger charge is -2.19. The minimum atomic E-state index is 0.543. The average Bonchev–Trinajstić information content (AvgIpc) is 3.29. The van der Waals surface area contributed by atoms with Crippen molar-refractivity contribution in [3.05, 3.63) is 23.2 Å². The van der Waals surface area contributed by atoms with Crippen LogP contribution in [0.2, 0.25) is 0 Å². The van der Waals surface area contributed by atoms with Crippen LogP contribution in [0, 0.1) is 0 Å². The second-order valence-electron chi connectivity index (χ2n) is 6.60. The van der Waals surface area contributed by atoms with Crippen LogP contribution in [0.3, 0.4) is 0 Å². The van der Waals surface area contributed by atoms with Gasteiger partial charge >= 0.3 is 0 Å². The summed E-state index contributed by atoms with van der Waals surface area (Å²) in [5, 5.41) is 13.9. The summed E-state index contributed by atoms with van der Waals surface area (Å²) in [6, 6.07) is 0.543. The molecule has 2 aromatic heterocycles. The quantitative estimate of drug-likeness (QED) is 0.863. The third kappa shape index (κ3) is 2.33. The number of hydrogen-bond acceptors (Lipinski definition) is 3. The molecule has 1 aliphatic carbocycles. The van der Waals surface area contributed by atoms with Gasteiger partial charge in [-0.15, -0.1) is 10.2 Å². The number of hydrogen-bond donors (Lipinski definition) is 0. The summed E-state index contributed by atoms with van der Waals surface area (Å²) in [5.41, 5.74) is 3.90. The molecule has 0 saturated heterocycles. The minimum absolute atomic E-state index is 0.543. The summed E-state index contributed by atoms with van der Waals surface area (Å²) in [7, 11) is 0. The van der Waals surface area contributed by atoms with Crippen molar-refractivity contribution < 1.29 is 0 Å². The van der Waals surface area contributed by atoms with E-state index >= 15 is 0 Å². The minimum Gasteiger partial charge on any atom is -0.306 e. The fraction of sp³-hybridized carbons (Fsp3) is 0.611. The van der Waals surface area contributed by atoms with Crippen LogP contribution in [0.4, 0.5) is 0 Å². The molecule has 3 heterocycles. The molecule has 2 aliphatic rings. The number of allylic oxidation sites excluding steroid dienone is 1. The maximum absolute atomic E-state index is 4.98. The van der Waals surface area contributed by atoms with Gasteiger partial charge in [-0.1, -0.05) is 32.8 Å². The first-order valence-electron chi connectivity index (χ1n) is 9.03. The molecule has 0 unspecified atom stereocenters. The van der Waals surface area contributed by atoms with Crippen LogP contribution in [-0.2, 0) is 19.4 Å². The van der Waals surface area contributed by atoms with E-state index in [0.717, 1.165) is 37.5 Å². The van der Waals surface area contributed by atoms with Gasteiger partial charge in [-0.25, -0.2) is 0 Å². The first-order valence-corrected chi connectivity index (χ1v) is 9.03. The molecule has 4 rings (SSSR count). The third-order valence-electron chi connectivity index (χ3n) is 5.18. The fourth-order valence-electron chi connectivity index (χ4n) is 3.99. The SMILES string of the molecule is CC/C=C/c1nnc2n1CCc1c(CC)nn(C3CCCC3)c1-2. The summed E-state index contributed by atoms with van der Waals surface area (Å²) >= 11 is 0. The molecule has 0 radical (unpaired) electrons. The predicted octanol–water partition coefficient (Wildman–Crippen LogP) is 3.80. The Morgan fingerprint density at radius 2 is 2.00 bits per heavy atom. The summed E-state index contributed by atoms with van der Waals surface area (Å²) in [6.07, 6.45) is 12.4. The Bertz CT molecular complexity index is 731. The van der Waals surface area contributed by atoms with Crippen molar-refractivity contribution in [3.8, 4) is 11.5 Å². The Morgan fingerprint density at radius 1 is 1.17 bits per heavy atom. The van der Waals surface area contributed by atoms with E-state index in [-0.39, 0.29) is 0 Å². The summed E-state index contributed by atoms with van der Waals surface area (Å²) < 4.78 is 4.55. The zero-order valence-electron chi connectivity index (χ0n) is 14.1. The Balaban J connectivity index is 1.84. The first kappa shape index (κ1) is 14.7. The van der Waals surface area contributed by atoms with Crippen molar-refractivity contribution in [2.75, 3.05) is 0 Å². The van der Waals surface area contributed by atoms with Gasteiger partial charge in [0.1, 0.15) is 5.69 Å². The van der Waals surface area contributed by atoms with Crippen molar-refractivity contribution in [2.24, 2.45) is 0 Å². The van der Waals surface area contributed by atoms with E-state index in [2.05, 4.69) is 45.4 Å². The van der Waals surface area contributed by atoms with Crippen molar-refractivity contribution in [1.29, 1.82) is 0 Å². The van der Waals surface area contributed by atoms with Crippen molar-refractivity contribution in [3.63, 3.8) is 0 Å². The molecule has 23 heavy (non-hydrogen) atoms. The predicted molar refractivity (Wildman–Crippen MR) is 91.2 cm³/mol. The van der Waals surface area contributed by atoms with Crippen LogP contribution >= 0.6 is 0 Å². The normalized spacial score (nSPS) is 17.8. The Morgan fingerprint density at radius 3 is 2.74 bits per heavy atom. The third-order valence-corrected chi connectivity index (χ3v) is 5.18. The summed E-state index contributed by atoms with van der Waals surface area (Å²) in [6.45, 7) is 5.31. The molecule has 0 atom stereocenters. The van der Waals surface area contributed by atoms with Gasteiger partial charge in [0.15, 0.2) is 11.6 Å². The first-order chi connectivity index (χ1) is 11.3.